The van der Waals surface area contributed by atoms with Crippen LogP contribution in [0.4, 0.5) is 5.69 Å². The van der Waals surface area contributed by atoms with E-state index in [0.717, 1.165) is 0 Å². The maximum Gasteiger partial charge on any atom is 0.338 e. The van der Waals surface area contributed by atoms with Crippen LogP contribution in [0.5, 0.6) is 0 Å². The minimum Gasteiger partial charge on any atom is -0.466 e. The monoisotopic (exact) mass is 444 g/mol. The van der Waals surface area contributed by atoms with Crippen molar-refractivity contribution in [2.75, 3.05) is 20.2 Å². The molecule has 31 heavy (non-hydrogen) atoms. The topological polar surface area (TPSA) is 105 Å². The molecule has 0 radical (unpaired) electrons. The van der Waals surface area contributed by atoms with E-state index in [1.165, 1.54) is 31.0 Å². The number of hydrogen-bond acceptors (Lipinski definition) is 8. The summed E-state index contributed by atoms with van der Waals surface area (Å²) in [6.45, 7) is 6.73. The van der Waals surface area contributed by atoms with Gasteiger partial charge < -0.3 is 14.5 Å². The Bertz CT molecular complexity index is 1010. The predicted octanol–water partition coefficient (Wildman–Crippen LogP) is 3.60. The van der Waals surface area contributed by atoms with Gasteiger partial charge in [0.15, 0.2) is 5.17 Å². The number of rotatable bonds is 7. The Morgan fingerprint density at radius 3 is 2.65 bits per heavy atom. The molecule has 1 atom stereocenters. The Morgan fingerprint density at radius 2 is 2.03 bits per heavy atom. The summed E-state index contributed by atoms with van der Waals surface area (Å²) in [5.74, 6) is -0.607. The number of methoxy groups -OCH3 is 1. The molecule has 164 valence electrons. The lowest BCUT2D eigenvalue weighted by Crippen LogP contribution is -2.38. The maximum absolute atomic E-state index is 12.8. The highest BCUT2D eigenvalue weighted by molar-refractivity contribution is 8.16. The molecule has 0 aliphatic carbocycles. The second-order valence-corrected chi connectivity index (χ2v) is 7.82. The number of thioether (sulfide) groups is 1. The molecule has 1 aromatic rings. The Morgan fingerprint density at radius 1 is 1.32 bits per heavy atom. The van der Waals surface area contributed by atoms with Crippen molar-refractivity contribution in [1.29, 1.82) is 0 Å². The molecule has 0 aromatic heterocycles. The van der Waals surface area contributed by atoms with Crippen LogP contribution in [0.1, 0.15) is 38.8 Å². The lowest BCUT2D eigenvalue weighted by atomic mass is 9.93. The standard InChI is InChI=1S/C21H24N4O5S/c1-5-23(6-2)17(26)11-16-12-31-21-22-13(3)18(20(27)30-4)19(24(16)21)14-8-7-9-15(10-14)25(28)29/h7-10,12,19H,5-6,11H2,1-4H3. The minimum absolute atomic E-state index is 0.0400. The molecule has 1 aromatic carbocycles. The third-order valence-corrected chi connectivity index (χ3v) is 6.14. The van der Waals surface area contributed by atoms with Crippen LogP contribution in [0, 0.1) is 10.1 Å². The molecular weight excluding hydrogens is 420 g/mol. The highest BCUT2D eigenvalue weighted by atomic mass is 32.2. The molecule has 0 saturated heterocycles. The average molecular weight is 445 g/mol. The fraction of sp³-hybridized carbons (Fsp3) is 0.381. The molecule has 2 aliphatic heterocycles. The highest BCUT2D eigenvalue weighted by Gasteiger charge is 2.41. The summed E-state index contributed by atoms with van der Waals surface area (Å²) >= 11 is 1.36. The van der Waals surface area contributed by atoms with Gasteiger partial charge in [0.2, 0.25) is 5.91 Å². The first kappa shape index (κ1) is 22.5. The summed E-state index contributed by atoms with van der Waals surface area (Å²) in [5, 5.41) is 13.8. The van der Waals surface area contributed by atoms with Crippen molar-refractivity contribution in [2.24, 2.45) is 4.99 Å². The normalized spacial score (nSPS) is 17.7. The first-order valence-electron chi connectivity index (χ1n) is 9.87. The SMILES string of the molecule is CCN(CC)C(=O)CC1=CSC2=NC(C)=C(C(=O)OC)C(c3cccc([N+](=O)[O-])c3)N12. The third kappa shape index (κ3) is 4.34. The van der Waals surface area contributed by atoms with Gasteiger partial charge in [-0.2, -0.15) is 0 Å². The van der Waals surface area contributed by atoms with Gasteiger partial charge in [-0.25, -0.2) is 9.79 Å². The van der Waals surface area contributed by atoms with Gasteiger partial charge >= 0.3 is 5.97 Å². The van der Waals surface area contributed by atoms with E-state index in [4.69, 9.17) is 4.74 Å². The first-order valence-corrected chi connectivity index (χ1v) is 10.7. The molecule has 0 fully saturated rings. The molecule has 2 heterocycles. The van der Waals surface area contributed by atoms with E-state index in [0.29, 0.717) is 35.2 Å². The van der Waals surface area contributed by atoms with E-state index in [2.05, 4.69) is 4.99 Å². The van der Waals surface area contributed by atoms with Gasteiger partial charge in [-0.3, -0.25) is 14.9 Å². The van der Waals surface area contributed by atoms with Crippen LogP contribution in [0.25, 0.3) is 0 Å². The van der Waals surface area contributed by atoms with Crippen LogP contribution in [-0.4, -0.2) is 52.0 Å². The van der Waals surface area contributed by atoms with E-state index < -0.39 is 16.9 Å². The quantitative estimate of drug-likeness (QED) is 0.359. The van der Waals surface area contributed by atoms with Crippen LogP contribution < -0.4 is 0 Å². The fourth-order valence-electron chi connectivity index (χ4n) is 3.71. The number of amidine groups is 1. The number of amides is 1. The zero-order chi connectivity index (χ0) is 22.7. The summed E-state index contributed by atoms with van der Waals surface area (Å²) in [6, 6.07) is 5.46. The summed E-state index contributed by atoms with van der Waals surface area (Å²) in [7, 11) is 1.28. The minimum atomic E-state index is -0.689. The number of carbonyl (C=O) groups is 2. The van der Waals surface area contributed by atoms with E-state index >= 15 is 0 Å². The molecule has 0 bridgehead atoms. The number of benzene rings is 1. The van der Waals surface area contributed by atoms with Gasteiger partial charge in [0, 0.05) is 30.9 Å². The zero-order valence-corrected chi connectivity index (χ0v) is 18.6. The van der Waals surface area contributed by atoms with Crippen LogP contribution in [-0.2, 0) is 14.3 Å². The number of nitrogens with zero attached hydrogens (tertiary/aromatic N) is 4. The second-order valence-electron chi connectivity index (χ2n) is 6.98. The van der Waals surface area contributed by atoms with Crippen LogP contribution in [0.3, 0.4) is 0 Å². The van der Waals surface area contributed by atoms with E-state index in [9.17, 15) is 19.7 Å². The van der Waals surface area contributed by atoms with Crippen molar-refractivity contribution < 1.29 is 19.2 Å². The summed E-state index contributed by atoms with van der Waals surface area (Å²) in [4.78, 5) is 44.4. The number of carbonyl (C=O) groups excluding carboxylic acids is 2. The third-order valence-electron chi connectivity index (χ3n) is 5.25. The van der Waals surface area contributed by atoms with Crippen molar-refractivity contribution in [1.82, 2.24) is 9.80 Å². The summed E-state index contributed by atoms with van der Waals surface area (Å²) < 4.78 is 5.00. The van der Waals surface area contributed by atoms with Gasteiger partial charge in [-0.15, -0.1) is 0 Å². The van der Waals surface area contributed by atoms with Gasteiger partial charge in [-0.1, -0.05) is 23.9 Å². The second kappa shape index (κ2) is 9.34. The Balaban J connectivity index is 2.08. The van der Waals surface area contributed by atoms with Crippen molar-refractivity contribution in [3.8, 4) is 0 Å². The predicted molar refractivity (Wildman–Crippen MR) is 118 cm³/mol. The lowest BCUT2D eigenvalue weighted by Gasteiger charge is -2.36. The molecule has 0 spiro atoms. The lowest BCUT2D eigenvalue weighted by molar-refractivity contribution is -0.384. The number of fused-ring (bicyclic) bond motifs is 1. The smallest absolute Gasteiger partial charge is 0.338 e. The number of hydrogen-bond donors (Lipinski definition) is 0. The van der Waals surface area contributed by atoms with Gasteiger partial charge in [0.1, 0.15) is 0 Å². The molecule has 0 saturated carbocycles. The molecule has 0 N–H and O–H groups in total. The number of esters is 1. The number of nitro groups is 1. The van der Waals surface area contributed by atoms with Gasteiger partial charge in [-0.05, 0) is 31.7 Å². The number of allylic oxidation sites excluding steroid dienone is 1. The molecule has 3 rings (SSSR count). The average Bonchev–Trinajstić information content (AvgIpc) is 3.15. The van der Waals surface area contributed by atoms with Crippen molar-refractivity contribution in [2.45, 2.75) is 33.2 Å². The molecule has 2 aliphatic rings. The van der Waals surface area contributed by atoms with Gasteiger partial charge in [0.05, 0.1) is 35.8 Å². The van der Waals surface area contributed by atoms with E-state index in [-0.39, 0.29) is 23.6 Å². The van der Waals surface area contributed by atoms with E-state index in [1.807, 2.05) is 24.2 Å². The summed E-state index contributed by atoms with van der Waals surface area (Å²) in [5.41, 5.74) is 1.92. The van der Waals surface area contributed by atoms with Crippen molar-refractivity contribution in [3.63, 3.8) is 0 Å². The molecular formula is C21H24N4O5S. The molecule has 1 unspecified atom stereocenters. The van der Waals surface area contributed by atoms with E-state index in [1.54, 1.807) is 24.0 Å². The van der Waals surface area contributed by atoms with Crippen LogP contribution >= 0.6 is 11.8 Å². The fourth-order valence-corrected chi connectivity index (χ4v) is 4.67. The number of nitro benzene ring substituents is 1. The first-order chi connectivity index (χ1) is 14.8. The number of non-ortho nitro benzene ring substituents is 1. The number of aliphatic imine (C=N–C) groups is 1. The Hall–Kier alpha value is -3.14. The Labute approximate surface area is 184 Å². The largest absolute Gasteiger partial charge is 0.466 e. The van der Waals surface area contributed by atoms with Crippen molar-refractivity contribution in [3.05, 3.63) is 62.3 Å². The van der Waals surface area contributed by atoms with Gasteiger partial charge in [0.25, 0.3) is 5.69 Å². The highest BCUT2D eigenvalue weighted by Crippen LogP contribution is 2.45. The Kier molecular flexibility index (Phi) is 6.79. The molecule has 10 heteroatoms. The zero-order valence-electron chi connectivity index (χ0n) is 17.8. The number of ether oxygens (including phenoxy) is 1. The summed E-state index contributed by atoms with van der Waals surface area (Å²) in [6.07, 6.45) is 0.132. The molecule has 1 amide bonds. The van der Waals surface area contributed by atoms with Crippen molar-refractivity contribution >= 4 is 34.5 Å². The van der Waals surface area contributed by atoms with Crippen LogP contribution in [0.15, 0.2) is 51.6 Å². The van der Waals surface area contributed by atoms with Crippen LogP contribution in [0.2, 0.25) is 0 Å². The molecule has 9 nitrogen and oxygen atoms in total. The maximum atomic E-state index is 12.8.